The first-order valence-electron chi connectivity index (χ1n) is 11.4. The van der Waals surface area contributed by atoms with Crippen LogP contribution in [-0.2, 0) is 29.1 Å². The first-order valence-corrected chi connectivity index (χ1v) is 11.4. The number of pyridine rings is 2. The maximum absolute atomic E-state index is 14.8. The van der Waals surface area contributed by atoms with Gasteiger partial charge in [-0.25, -0.2) is 14.2 Å². The van der Waals surface area contributed by atoms with Crippen molar-refractivity contribution in [3.8, 4) is 11.4 Å². The van der Waals surface area contributed by atoms with E-state index in [-0.39, 0.29) is 29.5 Å². The van der Waals surface area contributed by atoms with E-state index in [0.717, 1.165) is 48.0 Å². The van der Waals surface area contributed by atoms with Gasteiger partial charge in [0, 0.05) is 29.1 Å². The Hall–Kier alpha value is -3.10. The van der Waals surface area contributed by atoms with E-state index < -0.39 is 12.1 Å². The van der Waals surface area contributed by atoms with E-state index in [9.17, 15) is 19.1 Å². The molecule has 3 aromatic rings. The molecule has 0 spiro atoms. The molecule has 6 rings (SSSR count). The minimum atomic E-state index is -1.50. The molecule has 8 heteroatoms. The fourth-order valence-electron chi connectivity index (χ4n) is 5.72. The van der Waals surface area contributed by atoms with Gasteiger partial charge in [0.05, 0.1) is 29.0 Å². The third-order valence-corrected chi connectivity index (χ3v) is 7.41. The van der Waals surface area contributed by atoms with Gasteiger partial charge >= 0.3 is 5.97 Å². The van der Waals surface area contributed by atoms with Gasteiger partial charge in [-0.2, -0.15) is 0 Å². The zero-order valence-corrected chi connectivity index (χ0v) is 18.5. The highest BCUT2D eigenvalue weighted by atomic mass is 19.1. The monoisotopic (exact) mass is 449 g/mol. The summed E-state index contributed by atoms with van der Waals surface area (Å²) in [4.78, 5) is 30.1. The zero-order chi connectivity index (χ0) is 23.0. The van der Waals surface area contributed by atoms with Crippen LogP contribution < -0.4 is 10.9 Å². The van der Waals surface area contributed by atoms with Gasteiger partial charge in [-0.15, -0.1) is 0 Å². The van der Waals surface area contributed by atoms with Gasteiger partial charge in [-0.05, 0) is 55.0 Å². The van der Waals surface area contributed by atoms with Gasteiger partial charge in [0.1, 0.15) is 12.4 Å². The van der Waals surface area contributed by atoms with Crippen molar-refractivity contribution < 1.29 is 19.0 Å². The molecule has 2 N–H and O–H groups in total. The largest absolute Gasteiger partial charge is 0.458 e. The van der Waals surface area contributed by atoms with E-state index >= 15 is 0 Å². The van der Waals surface area contributed by atoms with Crippen molar-refractivity contribution in [1.82, 2.24) is 14.9 Å². The minimum absolute atomic E-state index is 0.152. The van der Waals surface area contributed by atoms with Gasteiger partial charge in [0.25, 0.3) is 5.56 Å². The number of carbonyl (C=O) groups is 1. The molecular weight excluding hydrogens is 425 g/mol. The number of benzene rings is 1. The van der Waals surface area contributed by atoms with E-state index in [2.05, 4.69) is 12.2 Å². The lowest BCUT2D eigenvalue weighted by Crippen LogP contribution is -2.32. The number of hydrogen-bond donors (Lipinski definition) is 2. The maximum atomic E-state index is 14.8. The van der Waals surface area contributed by atoms with Crippen LogP contribution in [0.15, 0.2) is 16.9 Å². The van der Waals surface area contributed by atoms with E-state index in [0.29, 0.717) is 34.6 Å². The number of likely N-dealkylation sites (N-methyl/N-ethyl adjacent to an activating group) is 1. The topological polar surface area (TPSA) is 93.5 Å². The van der Waals surface area contributed by atoms with Crippen molar-refractivity contribution >= 4 is 16.9 Å². The number of esters is 1. The Morgan fingerprint density at radius 3 is 2.88 bits per heavy atom. The molecule has 1 aliphatic carbocycles. The van der Waals surface area contributed by atoms with Crippen LogP contribution in [0.1, 0.15) is 58.7 Å². The second-order valence-electron chi connectivity index (χ2n) is 9.12. The van der Waals surface area contributed by atoms with Crippen molar-refractivity contribution in [2.24, 2.45) is 0 Å². The highest BCUT2D eigenvalue weighted by molar-refractivity contribution is 5.93. The second-order valence-corrected chi connectivity index (χ2v) is 9.12. The van der Waals surface area contributed by atoms with Crippen molar-refractivity contribution in [2.45, 2.75) is 51.9 Å². The molecule has 0 saturated carbocycles. The summed E-state index contributed by atoms with van der Waals surface area (Å²) in [5.74, 6) is -0.823. The van der Waals surface area contributed by atoms with Gasteiger partial charge in [-0.3, -0.25) is 4.79 Å². The molecule has 33 heavy (non-hydrogen) atoms. The van der Waals surface area contributed by atoms with Crippen LogP contribution in [0.25, 0.3) is 22.3 Å². The highest BCUT2D eigenvalue weighted by Crippen LogP contribution is 2.45. The fourth-order valence-corrected chi connectivity index (χ4v) is 5.72. The Kier molecular flexibility index (Phi) is 4.47. The quantitative estimate of drug-likeness (QED) is 0.467. The average molecular weight is 449 g/mol. The molecule has 2 unspecified atom stereocenters. The molecule has 7 nitrogen and oxygen atoms in total. The van der Waals surface area contributed by atoms with Crippen LogP contribution in [0.5, 0.6) is 0 Å². The molecule has 2 aromatic heterocycles. The smallest absolute Gasteiger partial charge is 0.340 e. The molecule has 2 aliphatic heterocycles. The van der Waals surface area contributed by atoms with Crippen molar-refractivity contribution in [2.75, 3.05) is 13.1 Å². The summed E-state index contributed by atoms with van der Waals surface area (Å²) in [7, 11) is 0. The standard InChI is InChI=1S/C25H24FN3O4/c1-3-27-8-12-4-5-13-11(2)17(26)7-18-21(13)20(12)15-9-29-19(22(15)28-18)6-14-16(24(29)31)10-33-25(32)23(14)30/h6-7,12,23,27,30H,3-5,8-10H2,1-2H3. The third-order valence-electron chi connectivity index (χ3n) is 7.41. The Bertz CT molecular complexity index is 1430. The van der Waals surface area contributed by atoms with Crippen molar-refractivity contribution in [3.63, 3.8) is 0 Å². The number of halogens is 1. The van der Waals surface area contributed by atoms with Gasteiger partial charge in [0.2, 0.25) is 0 Å². The SMILES string of the molecule is CCNCC1CCc2c(C)c(F)cc3nc4c(c1c23)Cn1c-4cc2c(c1=O)COC(=O)C2O. The summed E-state index contributed by atoms with van der Waals surface area (Å²) in [5, 5.41) is 14.8. The molecule has 1 aromatic carbocycles. The summed E-state index contributed by atoms with van der Waals surface area (Å²) in [6, 6.07) is 3.16. The summed E-state index contributed by atoms with van der Waals surface area (Å²) in [5.41, 5.74) is 5.81. The molecule has 4 heterocycles. The maximum Gasteiger partial charge on any atom is 0.340 e. The van der Waals surface area contributed by atoms with Crippen molar-refractivity contribution in [3.05, 3.63) is 61.7 Å². The molecule has 0 radical (unpaired) electrons. The predicted octanol–water partition coefficient (Wildman–Crippen LogP) is 2.60. The molecule has 0 bridgehead atoms. The number of hydrogen-bond acceptors (Lipinski definition) is 6. The van der Waals surface area contributed by atoms with Crippen LogP contribution in [0.2, 0.25) is 0 Å². The molecule has 3 aliphatic rings. The molecule has 0 saturated heterocycles. The molecule has 0 amide bonds. The fraction of sp³-hybridized carbons (Fsp3) is 0.400. The van der Waals surface area contributed by atoms with Gasteiger partial charge < -0.3 is 19.7 Å². The normalized spacial score (nSPS) is 20.4. The number of nitrogens with zero attached hydrogens (tertiary/aromatic N) is 2. The Morgan fingerprint density at radius 1 is 1.27 bits per heavy atom. The van der Waals surface area contributed by atoms with Crippen LogP contribution in [0.3, 0.4) is 0 Å². The number of nitrogens with one attached hydrogen (secondary N) is 1. The minimum Gasteiger partial charge on any atom is -0.458 e. The zero-order valence-electron chi connectivity index (χ0n) is 18.5. The van der Waals surface area contributed by atoms with Crippen LogP contribution in [0, 0.1) is 12.7 Å². The van der Waals surface area contributed by atoms with Gasteiger partial charge in [-0.1, -0.05) is 6.92 Å². The number of rotatable bonds is 3. The van der Waals surface area contributed by atoms with Crippen LogP contribution >= 0.6 is 0 Å². The third kappa shape index (κ3) is 2.77. The lowest BCUT2D eigenvalue weighted by molar-refractivity contribution is -0.157. The summed E-state index contributed by atoms with van der Waals surface area (Å²) in [6.45, 7) is 5.73. The predicted molar refractivity (Wildman–Crippen MR) is 120 cm³/mol. The highest BCUT2D eigenvalue weighted by Gasteiger charge is 2.37. The molecular formula is C25H24FN3O4. The lowest BCUT2D eigenvalue weighted by Gasteiger charge is -2.29. The number of aromatic nitrogens is 2. The summed E-state index contributed by atoms with van der Waals surface area (Å²) < 4.78 is 21.4. The number of ether oxygens (including phenoxy) is 1. The Morgan fingerprint density at radius 2 is 2.09 bits per heavy atom. The first kappa shape index (κ1) is 20.5. The van der Waals surface area contributed by atoms with Gasteiger partial charge in [0.15, 0.2) is 6.10 Å². The number of aliphatic hydroxyl groups is 1. The number of carbonyl (C=O) groups excluding carboxylic acids is 1. The second kappa shape index (κ2) is 7.20. The van der Waals surface area contributed by atoms with Crippen LogP contribution in [-0.4, -0.2) is 33.7 Å². The van der Waals surface area contributed by atoms with E-state index in [1.807, 2.05) is 6.92 Å². The Labute approximate surface area is 189 Å². The Balaban J connectivity index is 1.65. The number of aryl methyl sites for hydroxylation is 1. The first-order chi connectivity index (χ1) is 15.9. The number of fused-ring (bicyclic) bond motifs is 5. The lowest BCUT2D eigenvalue weighted by atomic mass is 9.78. The van der Waals surface area contributed by atoms with Crippen molar-refractivity contribution in [1.29, 1.82) is 0 Å². The average Bonchev–Trinajstić information content (AvgIpc) is 3.17. The molecule has 2 atom stereocenters. The molecule has 0 fully saturated rings. The summed E-state index contributed by atoms with van der Waals surface area (Å²) >= 11 is 0. The van der Waals surface area contributed by atoms with E-state index in [1.54, 1.807) is 10.6 Å². The van der Waals surface area contributed by atoms with E-state index in [1.165, 1.54) is 6.07 Å². The summed E-state index contributed by atoms with van der Waals surface area (Å²) in [6.07, 6.45) is 0.179. The molecule has 170 valence electrons. The van der Waals surface area contributed by atoms with Crippen LogP contribution in [0.4, 0.5) is 4.39 Å². The number of cyclic esters (lactones) is 1. The van der Waals surface area contributed by atoms with E-state index in [4.69, 9.17) is 9.72 Å². The number of aliphatic hydroxyl groups excluding tert-OH is 1.